The summed E-state index contributed by atoms with van der Waals surface area (Å²) in [6.07, 6.45) is -3.76. The number of alkyl halides is 1. The summed E-state index contributed by atoms with van der Waals surface area (Å²) >= 11 is 6.01. The van der Waals surface area contributed by atoms with Crippen LogP contribution in [0, 0.1) is 0 Å². The van der Waals surface area contributed by atoms with Crippen molar-refractivity contribution in [1.82, 2.24) is 9.55 Å². The summed E-state index contributed by atoms with van der Waals surface area (Å²) in [6, 6.07) is 0. The Morgan fingerprint density at radius 1 is 1.46 bits per heavy atom. The minimum absolute atomic E-state index is 0.0404. The molecule has 3 heterocycles. The molecule has 2 aliphatic heterocycles. The highest BCUT2D eigenvalue weighted by Gasteiger charge is 2.45. The molecule has 1 aromatic rings. The zero-order chi connectivity index (χ0) is 17.6. The van der Waals surface area contributed by atoms with Gasteiger partial charge in [-0.15, -0.1) is 0 Å². The lowest BCUT2D eigenvalue weighted by atomic mass is 10.1. The predicted molar refractivity (Wildman–Crippen MR) is 80.0 cm³/mol. The van der Waals surface area contributed by atoms with Crippen LogP contribution in [0.1, 0.15) is 17.4 Å². The Morgan fingerprint density at radius 2 is 2.17 bits per heavy atom. The molecule has 2 aliphatic rings. The van der Waals surface area contributed by atoms with Gasteiger partial charge in [0.15, 0.2) is 17.7 Å². The summed E-state index contributed by atoms with van der Waals surface area (Å²) in [5.74, 6) is 0.369. The average Bonchev–Trinajstić information content (AvgIpc) is 3.00. The summed E-state index contributed by atoms with van der Waals surface area (Å²) < 4.78 is 21.9. The first kappa shape index (κ1) is 17.6. The van der Waals surface area contributed by atoms with E-state index in [1.807, 2.05) is 0 Å². The van der Waals surface area contributed by atoms with Gasteiger partial charge in [0.25, 0.3) is 0 Å². The maximum Gasteiger partial charge on any atom is 0.469 e. The maximum absolute atomic E-state index is 10.8. The van der Waals surface area contributed by atoms with Gasteiger partial charge in [0.05, 0.1) is 12.9 Å². The standard InChI is InChI=1S/C10H15ClN5O7P/c11-7-4-8(15-10(12)14-7)16(2-13-4)9-6(18)5(17)3(23-9)1-22-24(19,20)21/h2-3,5-7,9,17-18H,1H2,(H3,12,14,15)(H2,19,20,21)/t3-,5+,6?,7?,9-/m1/s1. The molecule has 0 radical (unpaired) electrons. The second-order valence-corrected chi connectivity index (χ2v) is 6.85. The lowest BCUT2D eigenvalue weighted by molar-refractivity contribution is -0.0511. The number of imidazole rings is 1. The summed E-state index contributed by atoms with van der Waals surface area (Å²) in [5.41, 5.74) is 5.14. The van der Waals surface area contributed by atoms with Crippen molar-refractivity contribution in [3.63, 3.8) is 0 Å². The van der Waals surface area contributed by atoms with Crippen molar-refractivity contribution < 1.29 is 33.8 Å². The van der Waals surface area contributed by atoms with E-state index in [4.69, 9.17) is 31.9 Å². The number of guanidine groups is 1. The van der Waals surface area contributed by atoms with Gasteiger partial charge in [-0.2, -0.15) is 0 Å². The Balaban J connectivity index is 1.80. The average molecular weight is 384 g/mol. The monoisotopic (exact) mass is 383 g/mol. The van der Waals surface area contributed by atoms with Crippen LogP contribution in [0.25, 0.3) is 0 Å². The van der Waals surface area contributed by atoms with Gasteiger partial charge >= 0.3 is 7.82 Å². The van der Waals surface area contributed by atoms with Crippen molar-refractivity contribution in [3.05, 3.63) is 12.0 Å². The van der Waals surface area contributed by atoms with Gasteiger partial charge in [0.1, 0.15) is 29.8 Å². The summed E-state index contributed by atoms with van der Waals surface area (Å²) in [7, 11) is -4.73. The van der Waals surface area contributed by atoms with Crippen molar-refractivity contribution in [1.29, 1.82) is 0 Å². The first-order chi connectivity index (χ1) is 11.2. The van der Waals surface area contributed by atoms with E-state index in [2.05, 4.69) is 19.8 Å². The number of rotatable bonds is 4. The molecule has 24 heavy (non-hydrogen) atoms. The van der Waals surface area contributed by atoms with Crippen molar-refractivity contribution >= 4 is 31.2 Å². The van der Waals surface area contributed by atoms with E-state index in [0.717, 1.165) is 0 Å². The second kappa shape index (κ2) is 6.24. The van der Waals surface area contributed by atoms with Crippen LogP contribution in [0.5, 0.6) is 0 Å². The fraction of sp³-hybridized carbons (Fsp3) is 0.600. The molecule has 0 amide bonds. The predicted octanol–water partition coefficient (Wildman–Crippen LogP) is -1.41. The number of aliphatic hydroxyl groups is 2. The normalized spacial score (nSPS) is 33.0. The molecular formula is C10H15ClN5O7P. The fourth-order valence-corrected chi connectivity index (χ4v) is 3.08. The molecular weight excluding hydrogens is 369 g/mol. The maximum atomic E-state index is 10.8. The highest BCUT2D eigenvalue weighted by Crippen LogP contribution is 2.40. The number of nitrogens with two attached hydrogens (primary N) is 1. The summed E-state index contributed by atoms with van der Waals surface area (Å²) in [4.78, 5) is 25.4. The van der Waals surface area contributed by atoms with Crippen LogP contribution in [0.2, 0.25) is 0 Å². The Kier molecular flexibility index (Phi) is 4.57. The zero-order valence-corrected chi connectivity index (χ0v) is 13.6. The van der Waals surface area contributed by atoms with Gasteiger partial charge in [-0.1, -0.05) is 11.6 Å². The van der Waals surface area contributed by atoms with Gasteiger partial charge in [-0.05, 0) is 0 Å². The summed E-state index contributed by atoms with van der Waals surface area (Å²) in [5, 5.41) is 22.9. The largest absolute Gasteiger partial charge is 0.469 e. The van der Waals surface area contributed by atoms with Gasteiger partial charge in [0, 0.05) is 0 Å². The SMILES string of the molecule is NC1=NC(Cl)c2ncn([C@@H]3O[C@H](COP(=O)(O)O)[C@H](O)C3O)c2N1. The smallest absolute Gasteiger partial charge is 0.387 e. The number of fused-ring (bicyclic) bond motifs is 1. The number of halogens is 1. The van der Waals surface area contributed by atoms with Gasteiger partial charge in [0.2, 0.25) is 0 Å². The molecule has 0 bridgehead atoms. The van der Waals surface area contributed by atoms with Gasteiger partial charge in [-0.25, -0.2) is 14.5 Å². The molecule has 2 unspecified atom stereocenters. The van der Waals surface area contributed by atoms with Crippen LogP contribution in [-0.2, 0) is 13.8 Å². The Bertz CT molecular complexity index is 708. The van der Waals surface area contributed by atoms with Crippen LogP contribution in [0.3, 0.4) is 0 Å². The van der Waals surface area contributed by atoms with Crippen molar-refractivity contribution in [2.24, 2.45) is 10.7 Å². The number of hydrogen-bond acceptors (Lipinski definition) is 9. The first-order valence-corrected chi connectivity index (χ1v) is 8.67. The Morgan fingerprint density at radius 3 is 2.83 bits per heavy atom. The van der Waals surface area contributed by atoms with E-state index >= 15 is 0 Å². The molecule has 5 atom stereocenters. The molecule has 3 rings (SSSR count). The van der Waals surface area contributed by atoms with Crippen molar-refractivity contribution in [2.75, 3.05) is 11.9 Å². The molecule has 0 spiro atoms. The van der Waals surface area contributed by atoms with E-state index in [0.29, 0.717) is 11.5 Å². The highest BCUT2D eigenvalue weighted by molar-refractivity contribution is 7.46. The van der Waals surface area contributed by atoms with Crippen LogP contribution in [0.4, 0.5) is 5.82 Å². The lowest BCUT2D eigenvalue weighted by Gasteiger charge is -2.22. The molecule has 14 heteroatoms. The van der Waals surface area contributed by atoms with Gasteiger partial charge in [-0.3, -0.25) is 9.09 Å². The number of hydrogen-bond donors (Lipinski definition) is 6. The Hall–Kier alpha value is -1.24. The van der Waals surface area contributed by atoms with Crippen LogP contribution < -0.4 is 11.1 Å². The zero-order valence-electron chi connectivity index (χ0n) is 11.9. The number of aliphatic hydroxyl groups excluding tert-OH is 2. The minimum atomic E-state index is -4.73. The molecule has 1 aromatic heterocycles. The van der Waals surface area contributed by atoms with Crippen molar-refractivity contribution in [3.8, 4) is 0 Å². The van der Waals surface area contributed by atoms with E-state index < -0.39 is 44.5 Å². The molecule has 7 N–H and O–H groups in total. The van der Waals surface area contributed by atoms with Crippen LogP contribution in [0.15, 0.2) is 11.3 Å². The molecule has 0 aliphatic carbocycles. The number of phosphoric acid groups is 1. The van der Waals surface area contributed by atoms with E-state index in [1.165, 1.54) is 10.9 Å². The van der Waals surface area contributed by atoms with E-state index in [1.54, 1.807) is 0 Å². The number of aromatic nitrogens is 2. The second-order valence-electron chi connectivity index (χ2n) is 5.19. The topological polar surface area (TPSA) is 185 Å². The van der Waals surface area contributed by atoms with Crippen molar-refractivity contribution in [2.45, 2.75) is 30.0 Å². The number of nitrogens with zero attached hydrogens (tertiary/aromatic N) is 3. The number of nitrogens with one attached hydrogen (secondary N) is 1. The van der Waals surface area contributed by atoms with Crippen LogP contribution in [-0.4, -0.2) is 60.4 Å². The molecule has 12 nitrogen and oxygen atoms in total. The Labute approximate surface area is 140 Å². The van der Waals surface area contributed by atoms with Gasteiger partial charge < -0.3 is 35.8 Å². The fourth-order valence-electron chi connectivity index (χ4n) is 2.48. The quantitative estimate of drug-likeness (QED) is 0.205. The minimum Gasteiger partial charge on any atom is -0.387 e. The van der Waals surface area contributed by atoms with Crippen LogP contribution >= 0.6 is 19.4 Å². The number of ether oxygens (including phenoxy) is 1. The molecule has 0 aromatic carbocycles. The third-order valence-electron chi connectivity index (χ3n) is 3.56. The molecule has 1 fully saturated rings. The highest BCUT2D eigenvalue weighted by atomic mass is 35.5. The number of phosphoric ester groups is 1. The van der Waals surface area contributed by atoms with E-state index in [-0.39, 0.29) is 5.96 Å². The summed E-state index contributed by atoms with van der Waals surface area (Å²) in [6.45, 7) is -0.606. The third-order valence-corrected chi connectivity index (χ3v) is 4.35. The molecule has 0 saturated carbocycles. The number of anilines is 1. The molecule has 134 valence electrons. The first-order valence-electron chi connectivity index (χ1n) is 6.70. The number of aliphatic imine (C=N–C) groups is 1. The van der Waals surface area contributed by atoms with E-state index in [9.17, 15) is 14.8 Å². The third kappa shape index (κ3) is 3.27. The lowest BCUT2D eigenvalue weighted by Crippen LogP contribution is -2.34. The molecule has 1 saturated heterocycles.